The highest BCUT2D eigenvalue weighted by Crippen LogP contribution is 2.23. The van der Waals surface area contributed by atoms with Crippen molar-refractivity contribution < 1.29 is 14.7 Å². The number of guanidine groups is 1. The number of aliphatic imine (C=N–C) groups is 1. The molecular weight excluding hydrogens is 404 g/mol. The zero-order valence-electron chi connectivity index (χ0n) is 17.6. The van der Waals surface area contributed by atoms with E-state index in [0.29, 0.717) is 18.5 Å². The third-order valence-corrected chi connectivity index (χ3v) is 5.00. The summed E-state index contributed by atoms with van der Waals surface area (Å²) >= 11 is 0. The summed E-state index contributed by atoms with van der Waals surface area (Å²) in [5.41, 5.74) is 16.0. The molecule has 1 atom stereocenters. The summed E-state index contributed by atoms with van der Waals surface area (Å²) in [6, 6.07) is 23.8. The van der Waals surface area contributed by atoms with Crippen LogP contribution in [0, 0.1) is 0 Å². The third-order valence-electron chi connectivity index (χ3n) is 5.00. The SMILES string of the molecule is NC(=NC(=O)c1ccc(C[C@H](N)C(=O)O)cc1)NCCc1ccccc1-c1ccccc1. The molecule has 7 nitrogen and oxygen atoms in total. The molecule has 0 spiro atoms. The predicted molar refractivity (Wildman–Crippen MR) is 125 cm³/mol. The van der Waals surface area contributed by atoms with Gasteiger partial charge < -0.3 is 21.9 Å². The average Bonchev–Trinajstić information content (AvgIpc) is 2.80. The number of aliphatic carboxylic acids is 1. The molecule has 3 rings (SSSR count). The fourth-order valence-electron chi connectivity index (χ4n) is 3.30. The molecule has 0 saturated heterocycles. The number of nitrogens with zero attached hydrogens (tertiary/aromatic N) is 1. The van der Waals surface area contributed by atoms with Gasteiger partial charge in [-0.15, -0.1) is 0 Å². The average molecular weight is 431 g/mol. The molecule has 32 heavy (non-hydrogen) atoms. The quantitative estimate of drug-likeness (QED) is 0.321. The summed E-state index contributed by atoms with van der Waals surface area (Å²) in [4.78, 5) is 27.1. The Hall–Kier alpha value is -3.97. The van der Waals surface area contributed by atoms with E-state index in [1.807, 2.05) is 30.3 Å². The number of carboxylic acids is 1. The van der Waals surface area contributed by atoms with Crippen molar-refractivity contribution in [3.05, 3.63) is 95.6 Å². The molecule has 0 heterocycles. The van der Waals surface area contributed by atoms with Gasteiger partial charge in [0.15, 0.2) is 5.96 Å². The van der Waals surface area contributed by atoms with Gasteiger partial charge >= 0.3 is 5.97 Å². The number of carbonyl (C=O) groups is 2. The van der Waals surface area contributed by atoms with E-state index in [1.54, 1.807) is 24.3 Å². The van der Waals surface area contributed by atoms with Crippen LogP contribution in [0.1, 0.15) is 21.5 Å². The maximum Gasteiger partial charge on any atom is 0.320 e. The lowest BCUT2D eigenvalue weighted by Crippen LogP contribution is -2.34. The first-order chi connectivity index (χ1) is 15.4. The van der Waals surface area contributed by atoms with Crippen molar-refractivity contribution in [3.63, 3.8) is 0 Å². The Kier molecular flexibility index (Phi) is 7.72. The highest BCUT2D eigenvalue weighted by Gasteiger charge is 2.13. The minimum absolute atomic E-state index is 0.0455. The van der Waals surface area contributed by atoms with Crippen LogP contribution in [-0.4, -0.2) is 35.5 Å². The molecule has 3 aromatic rings. The number of amides is 1. The van der Waals surface area contributed by atoms with E-state index in [0.717, 1.165) is 16.7 Å². The maximum atomic E-state index is 12.3. The molecule has 0 fully saturated rings. The van der Waals surface area contributed by atoms with Gasteiger partial charge in [-0.2, -0.15) is 4.99 Å². The van der Waals surface area contributed by atoms with Crippen LogP contribution in [0.25, 0.3) is 11.1 Å². The first kappa shape index (κ1) is 22.7. The van der Waals surface area contributed by atoms with Crippen molar-refractivity contribution in [1.82, 2.24) is 5.32 Å². The zero-order chi connectivity index (χ0) is 22.9. The summed E-state index contributed by atoms with van der Waals surface area (Å²) < 4.78 is 0. The van der Waals surface area contributed by atoms with E-state index >= 15 is 0 Å². The van der Waals surface area contributed by atoms with E-state index in [-0.39, 0.29) is 12.4 Å². The highest BCUT2D eigenvalue weighted by molar-refractivity contribution is 6.02. The van der Waals surface area contributed by atoms with Crippen molar-refractivity contribution in [2.24, 2.45) is 16.5 Å². The van der Waals surface area contributed by atoms with E-state index in [2.05, 4.69) is 34.6 Å². The molecule has 0 aromatic heterocycles. The van der Waals surface area contributed by atoms with Crippen LogP contribution in [0.15, 0.2) is 83.9 Å². The lowest BCUT2D eigenvalue weighted by molar-refractivity contribution is -0.138. The molecule has 0 aliphatic heterocycles. The van der Waals surface area contributed by atoms with Crippen LogP contribution in [0.5, 0.6) is 0 Å². The van der Waals surface area contributed by atoms with Crippen LogP contribution >= 0.6 is 0 Å². The first-order valence-corrected chi connectivity index (χ1v) is 10.3. The largest absolute Gasteiger partial charge is 0.480 e. The fourth-order valence-corrected chi connectivity index (χ4v) is 3.30. The molecule has 1 amide bonds. The smallest absolute Gasteiger partial charge is 0.320 e. The molecule has 7 heteroatoms. The molecule has 164 valence electrons. The van der Waals surface area contributed by atoms with Gasteiger partial charge in [0, 0.05) is 12.1 Å². The van der Waals surface area contributed by atoms with Crippen LogP contribution in [0.4, 0.5) is 0 Å². The van der Waals surface area contributed by atoms with Crippen molar-refractivity contribution in [3.8, 4) is 11.1 Å². The second-order valence-electron chi connectivity index (χ2n) is 7.35. The number of carbonyl (C=O) groups excluding carboxylic acids is 1. The van der Waals surface area contributed by atoms with E-state index in [1.165, 1.54) is 5.56 Å². The van der Waals surface area contributed by atoms with Gasteiger partial charge in [-0.3, -0.25) is 9.59 Å². The second-order valence-corrected chi connectivity index (χ2v) is 7.35. The topological polar surface area (TPSA) is 131 Å². The van der Waals surface area contributed by atoms with Gasteiger partial charge in [0.25, 0.3) is 5.91 Å². The van der Waals surface area contributed by atoms with Crippen LogP contribution in [0.3, 0.4) is 0 Å². The van der Waals surface area contributed by atoms with Crippen LogP contribution in [-0.2, 0) is 17.6 Å². The Morgan fingerprint density at radius 2 is 1.59 bits per heavy atom. The van der Waals surface area contributed by atoms with E-state index in [4.69, 9.17) is 16.6 Å². The molecule has 3 aromatic carbocycles. The summed E-state index contributed by atoms with van der Waals surface area (Å²) in [6.07, 6.45) is 0.898. The molecule has 0 bridgehead atoms. The van der Waals surface area contributed by atoms with Gasteiger partial charge in [0.1, 0.15) is 6.04 Å². The normalized spacial score (nSPS) is 12.2. The number of nitrogens with two attached hydrogens (primary N) is 2. The van der Waals surface area contributed by atoms with Crippen molar-refractivity contribution >= 4 is 17.8 Å². The second kappa shape index (κ2) is 10.9. The Bertz CT molecular complexity index is 1100. The molecule has 0 radical (unpaired) electrons. The zero-order valence-corrected chi connectivity index (χ0v) is 17.6. The Morgan fingerprint density at radius 3 is 2.28 bits per heavy atom. The van der Waals surface area contributed by atoms with Crippen molar-refractivity contribution in [1.29, 1.82) is 0 Å². The number of nitrogens with one attached hydrogen (secondary N) is 1. The fraction of sp³-hybridized carbons (Fsp3) is 0.160. The van der Waals surface area contributed by atoms with Crippen molar-refractivity contribution in [2.45, 2.75) is 18.9 Å². The molecular formula is C25H26N4O3. The minimum Gasteiger partial charge on any atom is -0.480 e. The monoisotopic (exact) mass is 430 g/mol. The Labute approximate surface area is 186 Å². The van der Waals surface area contributed by atoms with Crippen molar-refractivity contribution in [2.75, 3.05) is 6.54 Å². The number of benzene rings is 3. The van der Waals surface area contributed by atoms with Gasteiger partial charge in [-0.05, 0) is 47.2 Å². The number of rotatable bonds is 8. The Morgan fingerprint density at radius 1 is 0.938 bits per heavy atom. The van der Waals surface area contributed by atoms with Crippen LogP contribution in [0.2, 0.25) is 0 Å². The van der Waals surface area contributed by atoms with Gasteiger partial charge in [0.05, 0.1) is 0 Å². The summed E-state index contributed by atoms with van der Waals surface area (Å²) in [6.45, 7) is 0.526. The van der Waals surface area contributed by atoms with Gasteiger partial charge in [0.2, 0.25) is 0 Å². The lowest BCUT2D eigenvalue weighted by atomic mass is 9.98. The highest BCUT2D eigenvalue weighted by atomic mass is 16.4. The molecule has 0 saturated carbocycles. The number of hydrogen-bond acceptors (Lipinski definition) is 3. The first-order valence-electron chi connectivity index (χ1n) is 10.3. The van der Waals surface area contributed by atoms with Gasteiger partial charge in [-0.25, -0.2) is 0 Å². The summed E-state index contributed by atoms with van der Waals surface area (Å²) in [5, 5.41) is 11.9. The molecule has 0 aliphatic carbocycles. The standard InChI is InChI=1S/C25H26N4O3/c26-22(24(31)32)16-17-10-12-20(13-11-17)23(30)29-25(27)28-15-14-19-8-4-5-9-21(19)18-6-2-1-3-7-18/h1-13,22H,14-16,26H2,(H,31,32)(H3,27,28,29,30)/t22-/m0/s1. The Balaban J connectivity index is 1.56. The van der Waals surface area contributed by atoms with Crippen LogP contribution < -0.4 is 16.8 Å². The van der Waals surface area contributed by atoms with E-state index < -0.39 is 17.9 Å². The molecule has 6 N–H and O–H groups in total. The number of carboxylic acid groups (broad SMARTS) is 1. The van der Waals surface area contributed by atoms with E-state index in [9.17, 15) is 9.59 Å². The summed E-state index contributed by atoms with van der Waals surface area (Å²) in [5.74, 6) is -1.50. The maximum absolute atomic E-state index is 12.3. The summed E-state index contributed by atoms with van der Waals surface area (Å²) in [7, 11) is 0. The predicted octanol–water partition coefficient (Wildman–Crippen LogP) is 2.60. The van der Waals surface area contributed by atoms with Gasteiger partial charge in [-0.1, -0.05) is 66.7 Å². The number of hydrogen-bond donors (Lipinski definition) is 4. The minimum atomic E-state index is -1.07. The third kappa shape index (κ3) is 6.26. The lowest BCUT2D eigenvalue weighted by Gasteiger charge is -2.11. The molecule has 0 aliphatic rings. The molecule has 0 unspecified atom stereocenters.